The molecule has 2 aliphatic rings. The van der Waals surface area contributed by atoms with Crippen LogP contribution in [0.2, 0.25) is 0 Å². The molecular weight excluding hydrogens is 446 g/mol. The Hall–Kier alpha value is -2.95. The maximum absolute atomic E-state index is 13.1. The Morgan fingerprint density at radius 2 is 1.88 bits per heavy atom. The number of rotatable bonds is 8. The Balaban J connectivity index is 1.47. The summed E-state index contributed by atoms with van der Waals surface area (Å²) in [5, 5.41) is 5.69. The van der Waals surface area contributed by atoms with E-state index in [1.165, 1.54) is 17.5 Å². The van der Waals surface area contributed by atoms with Crippen LogP contribution in [-0.2, 0) is 26.0 Å². The Morgan fingerprint density at radius 3 is 2.58 bits per heavy atom. The van der Waals surface area contributed by atoms with Gasteiger partial charge in [-0.05, 0) is 48.7 Å². The highest BCUT2D eigenvalue weighted by Crippen LogP contribution is 2.29. The van der Waals surface area contributed by atoms with Crippen LogP contribution in [0.4, 0.5) is 5.69 Å². The van der Waals surface area contributed by atoms with Gasteiger partial charge in [0, 0.05) is 30.4 Å². The molecule has 1 saturated heterocycles. The predicted molar refractivity (Wildman–Crippen MR) is 122 cm³/mol. The Labute approximate surface area is 193 Å². The zero-order chi connectivity index (χ0) is 23.4. The van der Waals surface area contributed by atoms with Gasteiger partial charge in [0.1, 0.15) is 10.6 Å². The fourth-order valence-corrected chi connectivity index (χ4v) is 5.20. The second-order valence-electron chi connectivity index (χ2n) is 8.06. The van der Waals surface area contributed by atoms with Crippen LogP contribution < -0.4 is 15.4 Å². The molecule has 0 radical (unpaired) electrons. The number of benzene rings is 2. The van der Waals surface area contributed by atoms with E-state index in [4.69, 9.17) is 9.47 Å². The molecule has 0 atom stereocenters. The molecule has 4 rings (SSSR count). The van der Waals surface area contributed by atoms with Crippen LogP contribution >= 0.6 is 0 Å². The molecule has 1 saturated carbocycles. The van der Waals surface area contributed by atoms with Crippen LogP contribution in [0.15, 0.2) is 47.4 Å². The van der Waals surface area contributed by atoms with Crippen LogP contribution in [0.1, 0.15) is 28.8 Å². The summed E-state index contributed by atoms with van der Waals surface area (Å²) in [7, 11) is -2.38. The number of anilines is 1. The van der Waals surface area contributed by atoms with Crippen molar-refractivity contribution in [1.29, 1.82) is 0 Å². The summed E-state index contributed by atoms with van der Waals surface area (Å²) in [6, 6.07) is 11.7. The summed E-state index contributed by atoms with van der Waals surface area (Å²) in [4.78, 5) is 24.9. The summed E-state index contributed by atoms with van der Waals surface area (Å²) in [5.74, 6) is -0.267. The SMILES string of the molecule is COc1ccc(CC(=O)Nc2cccc(C(=O)NC3CC3)c2)cc1S(=O)(=O)N1CCOCC1. The second kappa shape index (κ2) is 9.90. The van der Waals surface area contributed by atoms with E-state index in [0.29, 0.717) is 30.0 Å². The van der Waals surface area contributed by atoms with Gasteiger partial charge in [-0.3, -0.25) is 9.59 Å². The van der Waals surface area contributed by atoms with Gasteiger partial charge in [0.25, 0.3) is 5.91 Å². The molecule has 176 valence electrons. The highest BCUT2D eigenvalue weighted by atomic mass is 32.2. The number of hydrogen-bond donors (Lipinski definition) is 2. The normalized spacial score (nSPS) is 16.8. The summed E-state index contributed by atoms with van der Waals surface area (Å²) in [5.41, 5.74) is 1.50. The van der Waals surface area contributed by atoms with Crippen molar-refractivity contribution in [2.75, 3.05) is 38.7 Å². The standard InChI is InChI=1S/C23H27N3O6S/c1-31-20-8-5-16(13-21(20)33(29,30)26-9-11-32-12-10-26)14-22(27)24-19-4-2-3-17(15-19)23(28)25-18-6-7-18/h2-5,8,13,15,18H,6-7,9-12,14H2,1H3,(H,24,27)(H,25,28). The van der Waals surface area contributed by atoms with E-state index in [1.54, 1.807) is 36.4 Å². The molecule has 0 spiro atoms. The fraction of sp³-hybridized carbons (Fsp3) is 0.391. The zero-order valence-electron chi connectivity index (χ0n) is 18.4. The number of sulfonamides is 1. The maximum Gasteiger partial charge on any atom is 0.251 e. The molecular formula is C23H27N3O6S. The van der Waals surface area contributed by atoms with Gasteiger partial charge >= 0.3 is 0 Å². The number of methoxy groups -OCH3 is 1. The Morgan fingerprint density at radius 1 is 1.12 bits per heavy atom. The van der Waals surface area contributed by atoms with Crippen LogP contribution in [0.25, 0.3) is 0 Å². The summed E-state index contributed by atoms with van der Waals surface area (Å²) >= 11 is 0. The van der Waals surface area contributed by atoms with Crippen molar-refractivity contribution in [3.05, 3.63) is 53.6 Å². The van der Waals surface area contributed by atoms with E-state index < -0.39 is 10.0 Å². The largest absolute Gasteiger partial charge is 0.495 e. The van der Waals surface area contributed by atoms with Crippen molar-refractivity contribution < 1.29 is 27.5 Å². The first-order valence-corrected chi connectivity index (χ1v) is 12.3. The second-order valence-corrected chi connectivity index (χ2v) is 9.96. The smallest absolute Gasteiger partial charge is 0.251 e. The minimum atomic E-state index is -3.79. The average molecular weight is 474 g/mol. The summed E-state index contributed by atoms with van der Waals surface area (Å²) < 4.78 is 38.1. The molecule has 2 amide bonds. The van der Waals surface area contributed by atoms with Crippen molar-refractivity contribution in [2.45, 2.75) is 30.2 Å². The lowest BCUT2D eigenvalue weighted by atomic mass is 10.1. The van der Waals surface area contributed by atoms with Crippen molar-refractivity contribution in [1.82, 2.24) is 9.62 Å². The molecule has 1 heterocycles. The molecule has 10 heteroatoms. The van der Waals surface area contributed by atoms with Crippen LogP contribution in [0, 0.1) is 0 Å². The van der Waals surface area contributed by atoms with Crippen molar-refractivity contribution in [3.8, 4) is 5.75 Å². The van der Waals surface area contributed by atoms with Crippen molar-refractivity contribution in [3.63, 3.8) is 0 Å². The molecule has 1 aliphatic heterocycles. The molecule has 2 N–H and O–H groups in total. The molecule has 0 bridgehead atoms. The lowest BCUT2D eigenvalue weighted by molar-refractivity contribution is -0.115. The summed E-state index contributed by atoms with van der Waals surface area (Å²) in [6.45, 7) is 1.20. The number of amides is 2. The summed E-state index contributed by atoms with van der Waals surface area (Å²) in [6.07, 6.45) is 1.95. The van der Waals surface area contributed by atoms with E-state index in [9.17, 15) is 18.0 Å². The molecule has 2 aromatic carbocycles. The van der Waals surface area contributed by atoms with Gasteiger partial charge in [0.15, 0.2) is 0 Å². The number of ether oxygens (including phenoxy) is 2. The number of morpholine rings is 1. The highest BCUT2D eigenvalue weighted by molar-refractivity contribution is 7.89. The van der Waals surface area contributed by atoms with Crippen LogP contribution in [-0.4, -0.2) is 64.0 Å². The predicted octanol–water partition coefficient (Wildman–Crippen LogP) is 1.79. The maximum atomic E-state index is 13.1. The number of hydrogen-bond acceptors (Lipinski definition) is 6. The third kappa shape index (κ3) is 5.70. The first-order chi connectivity index (χ1) is 15.9. The first-order valence-electron chi connectivity index (χ1n) is 10.8. The highest BCUT2D eigenvalue weighted by Gasteiger charge is 2.29. The molecule has 0 unspecified atom stereocenters. The van der Waals surface area contributed by atoms with Gasteiger partial charge < -0.3 is 20.1 Å². The van der Waals surface area contributed by atoms with E-state index in [1.807, 2.05) is 0 Å². The van der Waals surface area contributed by atoms with Gasteiger partial charge in [-0.15, -0.1) is 0 Å². The van der Waals surface area contributed by atoms with Gasteiger partial charge in [0.2, 0.25) is 15.9 Å². The minimum Gasteiger partial charge on any atom is -0.495 e. The first kappa shape index (κ1) is 23.2. The van der Waals surface area contributed by atoms with Crippen molar-refractivity contribution >= 4 is 27.5 Å². The third-order valence-electron chi connectivity index (χ3n) is 5.50. The molecule has 0 aromatic heterocycles. The number of nitrogens with one attached hydrogen (secondary N) is 2. The lowest BCUT2D eigenvalue weighted by Gasteiger charge is -2.26. The van der Waals surface area contributed by atoms with Gasteiger partial charge in [-0.2, -0.15) is 4.31 Å². The Kier molecular flexibility index (Phi) is 6.96. The molecule has 1 aliphatic carbocycles. The van der Waals surface area contributed by atoms with Crippen LogP contribution in [0.5, 0.6) is 5.75 Å². The molecule has 9 nitrogen and oxygen atoms in total. The monoisotopic (exact) mass is 473 g/mol. The quantitative estimate of drug-likeness (QED) is 0.604. The Bertz CT molecular complexity index is 1140. The average Bonchev–Trinajstić information content (AvgIpc) is 3.63. The van der Waals surface area contributed by atoms with Gasteiger partial charge in [0.05, 0.1) is 26.7 Å². The van der Waals surface area contributed by atoms with Crippen molar-refractivity contribution in [2.24, 2.45) is 0 Å². The van der Waals surface area contributed by atoms with E-state index >= 15 is 0 Å². The van der Waals surface area contributed by atoms with E-state index in [2.05, 4.69) is 10.6 Å². The fourth-order valence-electron chi connectivity index (χ4n) is 3.58. The lowest BCUT2D eigenvalue weighted by Crippen LogP contribution is -2.40. The number of carbonyl (C=O) groups excluding carboxylic acids is 2. The van der Waals surface area contributed by atoms with Gasteiger partial charge in [-0.25, -0.2) is 8.42 Å². The molecule has 2 aromatic rings. The van der Waals surface area contributed by atoms with Crippen LogP contribution in [0.3, 0.4) is 0 Å². The minimum absolute atomic E-state index is 0.0240. The molecule has 2 fully saturated rings. The molecule has 33 heavy (non-hydrogen) atoms. The number of nitrogens with zero attached hydrogens (tertiary/aromatic N) is 1. The zero-order valence-corrected chi connectivity index (χ0v) is 19.2. The van der Waals surface area contributed by atoms with E-state index in [-0.39, 0.29) is 48.0 Å². The number of carbonyl (C=O) groups is 2. The van der Waals surface area contributed by atoms with E-state index in [0.717, 1.165) is 12.8 Å². The topological polar surface area (TPSA) is 114 Å². The third-order valence-corrected chi connectivity index (χ3v) is 7.42. The van der Waals surface area contributed by atoms with Gasteiger partial charge in [-0.1, -0.05) is 12.1 Å².